The molecule has 1 unspecified atom stereocenters. The van der Waals surface area contributed by atoms with Crippen LogP contribution in [-0.4, -0.2) is 31.7 Å². The van der Waals surface area contributed by atoms with Crippen LogP contribution in [0.15, 0.2) is 28.7 Å². The zero-order valence-electron chi connectivity index (χ0n) is 10.5. The van der Waals surface area contributed by atoms with E-state index < -0.39 is 0 Å². The lowest BCUT2D eigenvalue weighted by molar-refractivity contribution is -0.115. The minimum Gasteiger partial charge on any atom is -0.377 e. The smallest absolute Gasteiger partial charge is 0.238 e. The predicted molar refractivity (Wildman–Crippen MR) is 81.9 cm³/mol. The van der Waals surface area contributed by atoms with Crippen LogP contribution in [0, 0.1) is 0 Å². The van der Waals surface area contributed by atoms with Crippen LogP contribution in [0.5, 0.6) is 0 Å². The summed E-state index contributed by atoms with van der Waals surface area (Å²) >= 11 is 3.37. The highest BCUT2D eigenvalue weighted by Crippen LogP contribution is 2.15. The molecule has 106 valence electrons. The lowest BCUT2D eigenvalue weighted by atomic mass is 10.2. The third kappa shape index (κ3) is 5.91. The molecule has 1 fully saturated rings. The fraction of sp³-hybridized carbons (Fsp3) is 0.462. The summed E-state index contributed by atoms with van der Waals surface area (Å²) in [6.45, 7) is 1.90. The van der Waals surface area contributed by atoms with Gasteiger partial charge in [0.05, 0.1) is 12.6 Å². The van der Waals surface area contributed by atoms with Gasteiger partial charge in [-0.3, -0.25) is 4.79 Å². The molecule has 2 N–H and O–H groups in total. The molecule has 0 radical (unpaired) electrons. The highest BCUT2D eigenvalue weighted by molar-refractivity contribution is 9.10. The third-order valence-corrected chi connectivity index (χ3v) is 3.28. The Hall–Kier alpha value is -0.620. The SMILES string of the molecule is Cl.O=C(CNCC1CCCO1)Nc1cccc(Br)c1. The van der Waals surface area contributed by atoms with E-state index in [1.54, 1.807) is 0 Å². The Bertz CT molecular complexity index is 411. The zero-order valence-corrected chi connectivity index (χ0v) is 12.9. The summed E-state index contributed by atoms with van der Waals surface area (Å²) in [6, 6.07) is 7.55. The van der Waals surface area contributed by atoms with E-state index in [0.717, 1.165) is 36.2 Å². The number of ether oxygens (including phenoxy) is 1. The van der Waals surface area contributed by atoms with Crippen molar-refractivity contribution in [3.63, 3.8) is 0 Å². The van der Waals surface area contributed by atoms with Crippen molar-refractivity contribution >= 4 is 39.9 Å². The Morgan fingerprint density at radius 1 is 1.47 bits per heavy atom. The first kappa shape index (κ1) is 16.4. The summed E-state index contributed by atoms with van der Waals surface area (Å²) in [5.41, 5.74) is 0.799. The normalized spacial score (nSPS) is 17.8. The molecule has 1 atom stereocenters. The molecule has 4 nitrogen and oxygen atoms in total. The van der Waals surface area contributed by atoms with E-state index in [1.165, 1.54) is 0 Å². The molecule has 19 heavy (non-hydrogen) atoms. The highest BCUT2D eigenvalue weighted by Gasteiger charge is 2.15. The van der Waals surface area contributed by atoms with Crippen molar-refractivity contribution in [3.8, 4) is 0 Å². The van der Waals surface area contributed by atoms with Gasteiger partial charge in [0.2, 0.25) is 5.91 Å². The van der Waals surface area contributed by atoms with E-state index >= 15 is 0 Å². The number of hydrogen-bond acceptors (Lipinski definition) is 3. The molecule has 6 heteroatoms. The molecule has 0 bridgehead atoms. The number of halogens is 2. The van der Waals surface area contributed by atoms with Gasteiger partial charge >= 0.3 is 0 Å². The van der Waals surface area contributed by atoms with Gasteiger partial charge in [0.15, 0.2) is 0 Å². The molecule has 2 rings (SSSR count). The van der Waals surface area contributed by atoms with Crippen LogP contribution < -0.4 is 10.6 Å². The van der Waals surface area contributed by atoms with Gasteiger partial charge in [-0.05, 0) is 31.0 Å². The molecule has 1 aliphatic heterocycles. The molecular formula is C13H18BrClN2O2. The summed E-state index contributed by atoms with van der Waals surface area (Å²) in [7, 11) is 0. The van der Waals surface area contributed by atoms with Gasteiger partial charge in [0.25, 0.3) is 0 Å². The second kappa shape index (κ2) is 8.53. The van der Waals surface area contributed by atoms with E-state index in [4.69, 9.17) is 4.74 Å². The topological polar surface area (TPSA) is 50.4 Å². The number of carbonyl (C=O) groups excluding carboxylic acids is 1. The Labute approximate surface area is 127 Å². The minimum absolute atomic E-state index is 0. The van der Waals surface area contributed by atoms with Crippen molar-refractivity contribution in [2.75, 3.05) is 25.0 Å². The average molecular weight is 350 g/mol. The molecule has 0 spiro atoms. The summed E-state index contributed by atoms with van der Waals surface area (Å²) in [5, 5.41) is 5.95. The van der Waals surface area contributed by atoms with Gasteiger partial charge in [-0.2, -0.15) is 0 Å². The summed E-state index contributed by atoms with van der Waals surface area (Å²) in [4.78, 5) is 11.7. The van der Waals surface area contributed by atoms with Crippen molar-refractivity contribution < 1.29 is 9.53 Å². The van der Waals surface area contributed by atoms with E-state index in [-0.39, 0.29) is 24.4 Å². The Balaban J connectivity index is 0.00000180. The van der Waals surface area contributed by atoms with Gasteiger partial charge in [0.1, 0.15) is 0 Å². The maximum absolute atomic E-state index is 11.7. The van der Waals surface area contributed by atoms with Gasteiger partial charge < -0.3 is 15.4 Å². The number of hydrogen-bond donors (Lipinski definition) is 2. The maximum Gasteiger partial charge on any atom is 0.238 e. The van der Waals surface area contributed by atoms with Crippen molar-refractivity contribution in [3.05, 3.63) is 28.7 Å². The number of amides is 1. The number of benzene rings is 1. The lowest BCUT2D eigenvalue weighted by Gasteiger charge is -2.10. The van der Waals surface area contributed by atoms with Crippen molar-refractivity contribution in [2.24, 2.45) is 0 Å². The molecule has 1 aliphatic rings. The third-order valence-electron chi connectivity index (χ3n) is 2.79. The number of nitrogens with one attached hydrogen (secondary N) is 2. The summed E-state index contributed by atoms with van der Waals surface area (Å²) < 4.78 is 6.42. The Kier molecular flexibility index (Phi) is 7.38. The largest absolute Gasteiger partial charge is 0.377 e. The first-order valence-corrected chi connectivity index (χ1v) is 6.91. The molecule has 0 aliphatic carbocycles. The molecular weight excluding hydrogens is 332 g/mol. The molecule has 1 aromatic carbocycles. The second-order valence-electron chi connectivity index (χ2n) is 4.32. The van der Waals surface area contributed by atoms with E-state index in [1.807, 2.05) is 24.3 Å². The molecule has 0 aromatic heterocycles. The van der Waals surface area contributed by atoms with E-state index in [0.29, 0.717) is 6.54 Å². The monoisotopic (exact) mass is 348 g/mol. The number of anilines is 1. The quantitative estimate of drug-likeness (QED) is 0.859. The van der Waals surface area contributed by atoms with Crippen molar-refractivity contribution in [2.45, 2.75) is 18.9 Å². The molecule has 1 saturated heterocycles. The number of carbonyl (C=O) groups is 1. The van der Waals surface area contributed by atoms with Crippen LogP contribution in [0.25, 0.3) is 0 Å². The second-order valence-corrected chi connectivity index (χ2v) is 5.24. The number of rotatable bonds is 5. The van der Waals surface area contributed by atoms with Crippen LogP contribution >= 0.6 is 28.3 Å². The van der Waals surface area contributed by atoms with Crippen LogP contribution in [0.3, 0.4) is 0 Å². The van der Waals surface area contributed by atoms with Crippen molar-refractivity contribution in [1.29, 1.82) is 0 Å². The Morgan fingerprint density at radius 2 is 2.32 bits per heavy atom. The first-order chi connectivity index (χ1) is 8.74. The first-order valence-electron chi connectivity index (χ1n) is 6.12. The van der Waals surface area contributed by atoms with Crippen molar-refractivity contribution in [1.82, 2.24) is 5.32 Å². The molecule has 1 aromatic rings. The highest BCUT2D eigenvalue weighted by atomic mass is 79.9. The van der Waals surface area contributed by atoms with Gasteiger partial charge in [0, 0.05) is 23.3 Å². The van der Waals surface area contributed by atoms with Crippen LogP contribution in [0.1, 0.15) is 12.8 Å². The standard InChI is InChI=1S/C13H17BrN2O2.ClH/c14-10-3-1-4-11(7-10)16-13(17)9-15-8-12-5-2-6-18-12;/h1,3-4,7,12,15H,2,5-6,8-9H2,(H,16,17);1H. The fourth-order valence-corrected chi connectivity index (χ4v) is 2.32. The minimum atomic E-state index is -0.0360. The lowest BCUT2D eigenvalue weighted by Crippen LogP contribution is -2.33. The van der Waals surface area contributed by atoms with E-state index in [2.05, 4.69) is 26.6 Å². The van der Waals surface area contributed by atoms with Gasteiger partial charge in [-0.1, -0.05) is 22.0 Å². The average Bonchev–Trinajstić information content (AvgIpc) is 2.82. The summed E-state index contributed by atoms with van der Waals surface area (Å²) in [5.74, 6) is -0.0360. The van der Waals surface area contributed by atoms with E-state index in [9.17, 15) is 4.79 Å². The maximum atomic E-state index is 11.7. The predicted octanol–water partition coefficient (Wildman–Crippen LogP) is 2.58. The molecule has 1 amide bonds. The Morgan fingerprint density at radius 3 is 3.00 bits per heavy atom. The molecule has 1 heterocycles. The fourth-order valence-electron chi connectivity index (χ4n) is 1.92. The summed E-state index contributed by atoms with van der Waals surface area (Å²) in [6.07, 6.45) is 2.47. The molecule has 0 saturated carbocycles. The van der Waals surface area contributed by atoms with Crippen LogP contribution in [-0.2, 0) is 9.53 Å². The zero-order chi connectivity index (χ0) is 12.8. The van der Waals surface area contributed by atoms with Crippen LogP contribution in [0.2, 0.25) is 0 Å². The van der Waals surface area contributed by atoms with Gasteiger partial charge in [-0.25, -0.2) is 0 Å². The van der Waals surface area contributed by atoms with Gasteiger partial charge in [-0.15, -0.1) is 12.4 Å². The van der Waals surface area contributed by atoms with Crippen LogP contribution in [0.4, 0.5) is 5.69 Å².